The van der Waals surface area contributed by atoms with E-state index in [-0.39, 0.29) is 17.7 Å². The molecule has 3 rings (SSSR count). The van der Waals surface area contributed by atoms with Gasteiger partial charge in [-0.1, -0.05) is 19.1 Å². The van der Waals surface area contributed by atoms with Crippen LogP contribution in [0.5, 0.6) is 0 Å². The Bertz CT molecular complexity index is 594. The molecule has 4 nitrogen and oxygen atoms in total. The van der Waals surface area contributed by atoms with Gasteiger partial charge in [0.15, 0.2) is 0 Å². The van der Waals surface area contributed by atoms with E-state index < -0.39 is 11.6 Å². The van der Waals surface area contributed by atoms with E-state index in [2.05, 4.69) is 12.2 Å². The molecule has 4 heteroatoms. The van der Waals surface area contributed by atoms with Gasteiger partial charge in [0.1, 0.15) is 11.6 Å². The molecule has 1 heterocycles. The van der Waals surface area contributed by atoms with Crippen LogP contribution < -0.4 is 10.2 Å². The third-order valence-electron chi connectivity index (χ3n) is 4.80. The molecule has 1 aromatic carbocycles. The van der Waals surface area contributed by atoms with Gasteiger partial charge in [-0.15, -0.1) is 0 Å². The quantitative estimate of drug-likeness (QED) is 0.926. The second-order valence-electron chi connectivity index (χ2n) is 6.34. The molecule has 0 spiro atoms. The van der Waals surface area contributed by atoms with Crippen LogP contribution in [-0.2, 0) is 16.0 Å². The SMILES string of the molecule is CCc1cccc(N2C(=O)C(C)(C3CC3)NC(=O)C2C)c1. The fraction of sp³-hybridized carbons (Fsp3) is 0.529. The predicted octanol–water partition coefficient (Wildman–Crippen LogP) is 2.27. The van der Waals surface area contributed by atoms with Gasteiger partial charge < -0.3 is 5.32 Å². The van der Waals surface area contributed by atoms with Gasteiger partial charge in [0, 0.05) is 5.69 Å². The van der Waals surface area contributed by atoms with E-state index >= 15 is 0 Å². The number of carbonyl (C=O) groups excluding carboxylic acids is 2. The summed E-state index contributed by atoms with van der Waals surface area (Å²) >= 11 is 0. The summed E-state index contributed by atoms with van der Waals surface area (Å²) in [7, 11) is 0. The average Bonchev–Trinajstić information content (AvgIpc) is 3.31. The number of carbonyl (C=O) groups is 2. The van der Waals surface area contributed by atoms with Crippen molar-refractivity contribution in [3.05, 3.63) is 29.8 Å². The zero-order chi connectivity index (χ0) is 15.2. The van der Waals surface area contributed by atoms with Gasteiger partial charge in [-0.05, 0) is 56.7 Å². The number of nitrogens with zero attached hydrogens (tertiary/aromatic N) is 1. The first-order valence-electron chi connectivity index (χ1n) is 7.72. The maximum absolute atomic E-state index is 13.0. The van der Waals surface area contributed by atoms with Crippen LogP contribution in [0, 0.1) is 5.92 Å². The van der Waals surface area contributed by atoms with Crippen molar-refractivity contribution in [1.29, 1.82) is 0 Å². The molecule has 21 heavy (non-hydrogen) atoms. The summed E-state index contributed by atoms with van der Waals surface area (Å²) < 4.78 is 0. The molecule has 1 aliphatic heterocycles. The lowest BCUT2D eigenvalue weighted by molar-refractivity contribution is -0.138. The monoisotopic (exact) mass is 286 g/mol. The number of amides is 2. The van der Waals surface area contributed by atoms with Crippen LogP contribution in [0.1, 0.15) is 39.2 Å². The number of hydrogen-bond acceptors (Lipinski definition) is 2. The molecule has 0 aromatic heterocycles. The summed E-state index contributed by atoms with van der Waals surface area (Å²) in [5.74, 6) is 0.231. The highest BCUT2D eigenvalue weighted by Gasteiger charge is 2.54. The van der Waals surface area contributed by atoms with E-state index in [9.17, 15) is 9.59 Å². The van der Waals surface area contributed by atoms with Crippen molar-refractivity contribution in [3.8, 4) is 0 Å². The van der Waals surface area contributed by atoms with Crippen LogP contribution >= 0.6 is 0 Å². The number of benzene rings is 1. The lowest BCUT2D eigenvalue weighted by Crippen LogP contribution is -2.69. The number of hydrogen-bond donors (Lipinski definition) is 1. The van der Waals surface area contributed by atoms with Crippen LogP contribution in [0.25, 0.3) is 0 Å². The number of anilines is 1. The lowest BCUT2D eigenvalue weighted by Gasteiger charge is -2.43. The highest BCUT2D eigenvalue weighted by atomic mass is 16.2. The molecular formula is C17H22N2O2. The Morgan fingerprint density at radius 2 is 2.05 bits per heavy atom. The summed E-state index contributed by atoms with van der Waals surface area (Å²) in [6.07, 6.45) is 2.94. The van der Waals surface area contributed by atoms with Crippen molar-refractivity contribution in [1.82, 2.24) is 5.32 Å². The van der Waals surface area contributed by atoms with Crippen molar-refractivity contribution in [3.63, 3.8) is 0 Å². The number of aryl methyl sites for hydroxylation is 1. The van der Waals surface area contributed by atoms with Crippen molar-refractivity contribution in [2.75, 3.05) is 4.90 Å². The highest BCUT2D eigenvalue weighted by molar-refractivity contribution is 6.10. The second kappa shape index (κ2) is 4.86. The molecule has 1 N–H and O–H groups in total. The first-order chi connectivity index (χ1) is 9.97. The smallest absolute Gasteiger partial charge is 0.253 e. The van der Waals surface area contributed by atoms with Gasteiger partial charge >= 0.3 is 0 Å². The maximum atomic E-state index is 13.0. The molecule has 1 saturated carbocycles. The first-order valence-corrected chi connectivity index (χ1v) is 7.72. The minimum Gasteiger partial charge on any atom is -0.340 e. The third-order valence-corrected chi connectivity index (χ3v) is 4.80. The van der Waals surface area contributed by atoms with Crippen LogP contribution in [0.15, 0.2) is 24.3 Å². The van der Waals surface area contributed by atoms with Crippen molar-refractivity contribution < 1.29 is 9.59 Å². The van der Waals surface area contributed by atoms with Gasteiger partial charge in [-0.2, -0.15) is 0 Å². The Balaban J connectivity index is 2.01. The van der Waals surface area contributed by atoms with E-state index in [0.29, 0.717) is 0 Å². The Morgan fingerprint density at radius 3 is 2.67 bits per heavy atom. The fourth-order valence-electron chi connectivity index (χ4n) is 3.16. The number of rotatable bonds is 3. The summed E-state index contributed by atoms with van der Waals surface area (Å²) in [5, 5.41) is 2.95. The maximum Gasteiger partial charge on any atom is 0.253 e. The van der Waals surface area contributed by atoms with E-state index in [1.165, 1.54) is 5.56 Å². The highest BCUT2D eigenvalue weighted by Crippen LogP contribution is 2.43. The molecule has 112 valence electrons. The minimum absolute atomic E-state index is 0.0188. The zero-order valence-corrected chi connectivity index (χ0v) is 12.8. The van der Waals surface area contributed by atoms with Gasteiger partial charge in [-0.25, -0.2) is 0 Å². The van der Waals surface area contributed by atoms with Gasteiger partial charge in [0.25, 0.3) is 5.91 Å². The molecule has 2 fully saturated rings. The summed E-state index contributed by atoms with van der Waals surface area (Å²) in [6, 6.07) is 7.47. The van der Waals surface area contributed by atoms with Crippen LogP contribution in [-0.4, -0.2) is 23.4 Å². The molecule has 2 unspecified atom stereocenters. The molecule has 0 bridgehead atoms. The normalized spacial score (nSPS) is 29.5. The molecule has 1 aliphatic carbocycles. The first kappa shape index (κ1) is 14.1. The molecule has 1 aromatic rings. The van der Waals surface area contributed by atoms with E-state index in [4.69, 9.17) is 0 Å². The molecule has 0 radical (unpaired) electrons. The van der Waals surface area contributed by atoms with Gasteiger partial charge in [-0.3, -0.25) is 14.5 Å². The van der Waals surface area contributed by atoms with Crippen molar-refractivity contribution in [2.45, 2.75) is 51.6 Å². The predicted molar refractivity (Wildman–Crippen MR) is 82.0 cm³/mol. The minimum atomic E-state index is -0.744. The Hall–Kier alpha value is -1.84. The zero-order valence-electron chi connectivity index (χ0n) is 12.8. The fourth-order valence-corrected chi connectivity index (χ4v) is 3.16. The molecular weight excluding hydrogens is 264 g/mol. The standard InChI is InChI=1S/C17H22N2O2/c1-4-12-6-5-7-14(10-12)19-11(2)15(20)18-17(3,16(19)21)13-8-9-13/h5-7,10-11,13H,4,8-9H2,1-3H3,(H,18,20). The molecule has 2 amide bonds. The van der Waals surface area contributed by atoms with E-state index in [1.807, 2.05) is 31.2 Å². The molecule has 2 atom stereocenters. The third kappa shape index (κ3) is 2.23. The van der Waals surface area contributed by atoms with Gasteiger partial charge in [0.2, 0.25) is 5.91 Å². The largest absolute Gasteiger partial charge is 0.340 e. The number of piperazine rings is 1. The van der Waals surface area contributed by atoms with Crippen molar-refractivity contribution in [2.24, 2.45) is 5.92 Å². The summed E-state index contributed by atoms with van der Waals surface area (Å²) in [5.41, 5.74) is 1.26. The Kier molecular flexibility index (Phi) is 3.27. The Labute approximate surface area is 125 Å². The molecule has 2 aliphatic rings. The van der Waals surface area contributed by atoms with E-state index in [1.54, 1.807) is 11.8 Å². The second-order valence-corrected chi connectivity index (χ2v) is 6.34. The Morgan fingerprint density at radius 1 is 1.33 bits per heavy atom. The van der Waals surface area contributed by atoms with Crippen molar-refractivity contribution >= 4 is 17.5 Å². The molecule has 1 saturated heterocycles. The van der Waals surface area contributed by atoms with E-state index in [0.717, 1.165) is 24.9 Å². The summed E-state index contributed by atoms with van der Waals surface area (Å²) in [4.78, 5) is 27.0. The number of nitrogens with one attached hydrogen (secondary N) is 1. The van der Waals surface area contributed by atoms with Gasteiger partial charge in [0.05, 0.1) is 0 Å². The van der Waals surface area contributed by atoms with Crippen LogP contribution in [0.2, 0.25) is 0 Å². The average molecular weight is 286 g/mol. The lowest BCUT2D eigenvalue weighted by atomic mass is 9.89. The summed E-state index contributed by atoms with van der Waals surface area (Å²) in [6.45, 7) is 5.74. The van der Waals surface area contributed by atoms with Crippen LogP contribution in [0.4, 0.5) is 5.69 Å². The van der Waals surface area contributed by atoms with Crippen LogP contribution in [0.3, 0.4) is 0 Å². The topological polar surface area (TPSA) is 49.4 Å².